The van der Waals surface area contributed by atoms with Crippen LogP contribution in [-0.4, -0.2) is 43.2 Å². The highest BCUT2D eigenvalue weighted by molar-refractivity contribution is 5.50. The van der Waals surface area contributed by atoms with Gasteiger partial charge in [-0.05, 0) is 31.2 Å². The van der Waals surface area contributed by atoms with Crippen molar-refractivity contribution in [2.24, 2.45) is 0 Å². The predicted molar refractivity (Wildman–Crippen MR) is 87.3 cm³/mol. The highest BCUT2D eigenvalue weighted by Gasteiger charge is 2.24. The number of benzene rings is 1. The van der Waals surface area contributed by atoms with Crippen LogP contribution in [0.5, 0.6) is 0 Å². The number of nitrogens with one attached hydrogen (secondary N) is 1. The molecule has 0 amide bonds. The van der Waals surface area contributed by atoms with E-state index >= 15 is 0 Å². The minimum Gasteiger partial charge on any atom is -0.366 e. The van der Waals surface area contributed by atoms with Crippen LogP contribution in [0.25, 0.3) is 0 Å². The summed E-state index contributed by atoms with van der Waals surface area (Å²) in [6.45, 7) is 13.2. The Morgan fingerprint density at radius 2 is 2.10 bits per heavy atom. The molecule has 0 saturated carbocycles. The molecule has 2 rings (SSSR count). The molecular formula is C17H28FN3. The number of halogens is 1. The van der Waals surface area contributed by atoms with Gasteiger partial charge in [-0.1, -0.05) is 26.8 Å². The molecule has 1 heterocycles. The van der Waals surface area contributed by atoms with Gasteiger partial charge in [0.05, 0.1) is 5.69 Å². The number of piperazine rings is 1. The lowest BCUT2D eigenvalue weighted by Crippen LogP contribution is -2.52. The molecule has 1 N–H and O–H groups in total. The number of hydrogen-bond donors (Lipinski definition) is 1. The Kier molecular flexibility index (Phi) is 5.59. The molecule has 1 unspecified atom stereocenters. The van der Waals surface area contributed by atoms with Crippen molar-refractivity contribution in [3.63, 3.8) is 0 Å². The zero-order valence-corrected chi connectivity index (χ0v) is 13.7. The Morgan fingerprint density at radius 1 is 1.33 bits per heavy atom. The highest BCUT2D eigenvalue weighted by Crippen LogP contribution is 2.23. The van der Waals surface area contributed by atoms with Gasteiger partial charge >= 0.3 is 0 Å². The number of hydrogen-bond acceptors (Lipinski definition) is 3. The maximum atomic E-state index is 14.4. The summed E-state index contributed by atoms with van der Waals surface area (Å²) in [4.78, 5) is 4.61. The number of anilines is 1. The molecule has 4 heteroatoms. The van der Waals surface area contributed by atoms with E-state index in [1.54, 1.807) is 6.07 Å². The maximum Gasteiger partial charge on any atom is 0.146 e. The van der Waals surface area contributed by atoms with Crippen LogP contribution < -0.4 is 10.2 Å². The van der Waals surface area contributed by atoms with Crippen LogP contribution in [0, 0.1) is 5.82 Å². The first-order valence-corrected chi connectivity index (χ1v) is 8.02. The van der Waals surface area contributed by atoms with E-state index in [9.17, 15) is 4.39 Å². The van der Waals surface area contributed by atoms with Gasteiger partial charge in [0.2, 0.25) is 0 Å². The van der Waals surface area contributed by atoms with Crippen LogP contribution in [0.1, 0.15) is 33.3 Å². The second-order valence-electron chi connectivity index (χ2n) is 6.24. The van der Waals surface area contributed by atoms with E-state index < -0.39 is 0 Å². The van der Waals surface area contributed by atoms with Gasteiger partial charge < -0.3 is 10.2 Å². The number of likely N-dealkylation sites (N-methyl/N-ethyl adjacent to an activating group) is 1. The molecule has 3 nitrogen and oxygen atoms in total. The topological polar surface area (TPSA) is 18.5 Å². The fourth-order valence-electron chi connectivity index (χ4n) is 2.92. The molecule has 1 fully saturated rings. The lowest BCUT2D eigenvalue weighted by atomic mass is 10.1. The first-order chi connectivity index (χ1) is 10.0. The van der Waals surface area contributed by atoms with E-state index in [0.717, 1.165) is 44.0 Å². The Morgan fingerprint density at radius 3 is 2.67 bits per heavy atom. The Hall–Kier alpha value is -1.13. The van der Waals surface area contributed by atoms with Gasteiger partial charge in [0.15, 0.2) is 0 Å². The summed E-state index contributed by atoms with van der Waals surface area (Å²) in [5, 5.41) is 3.32. The highest BCUT2D eigenvalue weighted by atomic mass is 19.1. The minimum absolute atomic E-state index is 0.102. The molecule has 0 bridgehead atoms. The second kappa shape index (κ2) is 7.23. The third-order valence-corrected chi connectivity index (χ3v) is 4.24. The van der Waals surface area contributed by atoms with E-state index in [0.29, 0.717) is 12.1 Å². The van der Waals surface area contributed by atoms with E-state index in [4.69, 9.17) is 0 Å². The first kappa shape index (κ1) is 16.2. The lowest BCUT2D eigenvalue weighted by molar-refractivity contribution is 0.199. The summed E-state index contributed by atoms with van der Waals surface area (Å²) in [5.41, 5.74) is 1.75. The van der Waals surface area contributed by atoms with Crippen molar-refractivity contribution in [1.29, 1.82) is 0 Å². The molecule has 1 aromatic carbocycles. The summed E-state index contributed by atoms with van der Waals surface area (Å²) >= 11 is 0. The van der Waals surface area contributed by atoms with E-state index in [2.05, 4.69) is 42.8 Å². The normalized spacial score (nSPS) is 20.3. The van der Waals surface area contributed by atoms with Crippen LogP contribution in [0.15, 0.2) is 18.2 Å². The summed E-state index contributed by atoms with van der Waals surface area (Å²) < 4.78 is 14.4. The molecule has 1 atom stereocenters. The molecule has 0 aromatic heterocycles. The molecule has 1 aliphatic heterocycles. The molecule has 1 aromatic rings. The molecule has 118 valence electrons. The molecule has 21 heavy (non-hydrogen) atoms. The number of rotatable bonds is 5. The smallest absolute Gasteiger partial charge is 0.146 e. The van der Waals surface area contributed by atoms with Crippen molar-refractivity contribution in [3.05, 3.63) is 29.6 Å². The molecule has 1 saturated heterocycles. The van der Waals surface area contributed by atoms with Crippen molar-refractivity contribution in [3.8, 4) is 0 Å². The Labute approximate surface area is 128 Å². The van der Waals surface area contributed by atoms with Gasteiger partial charge in [-0.25, -0.2) is 4.39 Å². The summed E-state index contributed by atoms with van der Waals surface area (Å²) in [6, 6.07) is 6.52. The SMILES string of the molecule is CCN1CCN(c2ccc(CNC(C)C)cc2F)CC1C. The summed E-state index contributed by atoms with van der Waals surface area (Å²) in [7, 11) is 0. The average molecular weight is 293 g/mol. The fourth-order valence-corrected chi connectivity index (χ4v) is 2.92. The standard InChI is InChI=1S/C17H28FN3/c1-5-20-8-9-21(12-14(20)4)17-7-6-15(10-16(17)18)11-19-13(2)3/h6-7,10,13-14,19H,5,8-9,11-12H2,1-4H3. The van der Waals surface area contributed by atoms with Gasteiger partial charge in [0.1, 0.15) is 5.82 Å². The molecular weight excluding hydrogens is 265 g/mol. The van der Waals surface area contributed by atoms with Crippen molar-refractivity contribution in [2.75, 3.05) is 31.1 Å². The van der Waals surface area contributed by atoms with Crippen LogP contribution in [0.2, 0.25) is 0 Å². The quantitative estimate of drug-likeness (QED) is 0.900. The van der Waals surface area contributed by atoms with Crippen LogP contribution >= 0.6 is 0 Å². The van der Waals surface area contributed by atoms with Crippen LogP contribution in [0.3, 0.4) is 0 Å². The second-order valence-corrected chi connectivity index (χ2v) is 6.24. The van der Waals surface area contributed by atoms with E-state index in [1.165, 1.54) is 0 Å². The Bertz CT molecular complexity index is 461. The molecule has 0 spiro atoms. The van der Waals surface area contributed by atoms with Gasteiger partial charge in [0, 0.05) is 38.3 Å². The minimum atomic E-state index is -0.102. The van der Waals surface area contributed by atoms with E-state index in [-0.39, 0.29) is 5.82 Å². The van der Waals surface area contributed by atoms with Gasteiger partial charge in [-0.3, -0.25) is 4.90 Å². The molecule has 0 radical (unpaired) electrons. The van der Waals surface area contributed by atoms with Gasteiger partial charge in [-0.2, -0.15) is 0 Å². The fraction of sp³-hybridized carbons (Fsp3) is 0.647. The van der Waals surface area contributed by atoms with Gasteiger partial charge in [-0.15, -0.1) is 0 Å². The lowest BCUT2D eigenvalue weighted by Gasteiger charge is -2.40. The third kappa shape index (κ3) is 4.17. The summed E-state index contributed by atoms with van der Waals surface area (Å²) in [5.74, 6) is -0.102. The summed E-state index contributed by atoms with van der Waals surface area (Å²) in [6.07, 6.45) is 0. The van der Waals surface area contributed by atoms with Crippen LogP contribution in [-0.2, 0) is 6.54 Å². The van der Waals surface area contributed by atoms with Gasteiger partial charge in [0.25, 0.3) is 0 Å². The van der Waals surface area contributed by atoms with E-state index in [1.807, 2.05) is 12.1 Å². The zero-order valence-electron chi connectivity index (χ0n) is 13.7. The predicted octanol–water partition coefficient (Wildman–Crippen LogP) is 2.85. The van der Waals surface area contributed by atoms with Crippen molar-refractivity contribution in [1.82, 2.24) is 10.2 Å². The third-order valence-electron chi connectivity index (χ3n) is 4.24. The largest absolute Gasteiger partial charge is 0.366 e. The van der Waals surface area contributed by atoms with Crippen molar-refractivity contribution >= 4 is 5.69 Å². The maximum absolute atomic E-state index is 14.4. The molecule has 0 aliphatic carbocycles. The average Bonchev–Trinajstić information content (AvgIpc) is 2.45. The molecule has 1 aliphatic rings. The monoisotopic (exact) mass is 293 g/mol. The van der Waals surface area contributed by atoms with Crippen LogP contribution in [0.4, 0.5) is 10.1 Å². The Balaban J connectivity index is 2.04. The number of nitrogens with zero attached hydrogens (tertiary/aromatic N) is 2. The zero-order chi connectivity index (χ0) is 15.4. The van der Waals surface area contributed by atoms with Crippen molar-refractivity contribution < 1.29 is 4.39 Å². The first-order valence-electron chi connectivity index (χ1n) is 8.02. The van der Waals surface area contributed by atoms with Crippen molar-refractivity contribution in [2.45, 2.75) is 46.3 Å².